The monoisotopic (exact) mass is 270 g/mol. The van der Waals surface area contributed by atoms with Crippen LogP contribution in [0.15, 0.2) is 51.7 Å². The summed E-state index contributed by atoms with van der Waals surface area (Å²) >= 11 is 0. The van der Waals surface area contributed by atoms with Gasteiger partial charge in [-0.2, -0.15) is 0 Å². The minimum absolute atomic E-state index is 0.00430. The quantitative estimate of drug-likeness (QED) is 0.632. The van der Waals surface area contributed by atoms with E-state index in [1.807, 2.05) is 0 Å². The summed E-state index contributed by atoms with van der Waals surface area (Å²) in [4.78, 5) is 12.1. The predicted molar refractivity (Wildman–Crippen MR) is 72.9 cm³/mol. The van der Waals surface area contributed by atoms with Crippen molar-refractivity contribution in [3.63, 3.8) is 0 Å². The third-order valence-electron chi connectivity index (χ3n) is 2.96. The second-order valence-corrected chi connectivity index (χ2v) is 4.34. The number of rotatable bonds is 1. The maximum absolute atomic E-state index is 12.1. The average Bonchev–Trinajstić information content (AvgIpc) is 2.43. The van der Waals surface area contributed by atoms with Crippen LogP contribution in [-0.2, 0) is 0 Å². The maximum atomic E-state index is 12.1. The van der Waals surface area contributed by atoms with Crippen LogP contribution in [0.4, 0.5) is 0 Å². The first-order valence-corrected chi connectivity index (χ1v) is 5.84. The van der Waals surface area contributed by atoms with Gasteiger partial charge in [0.2, 0.25) is 11.2 Å². The first kappa shape index (κ1) is 12.1. The van der Waals surface area contributed by atoms with Crippen molar-refractivity contribution in [3.8, 4) is 28.6 Å². The Labute approximate surface area is 113 Å². The van der Waals surface area contributed by atoms with E-state index in [9.17, 15) is 20.1 Å². The Morgan fingerprint density at radius 3 is 2.40 bits per heavy atom. The van der Waals surface area contributed by atoms with Crippen molar-refractivity contribution < 1.29 is 19.7 Å². The Kier molecular flexibility index (Phi) is 2.61. The lowest BCUT2D eigenvalue weighted by molar-refractivity contribution is 0.447. The Balaban J connectivity index is 2.35. The number of benzene rings is 2. The standard InChI is InChI=1S/C15H10O5/c16-9-3-1-2-8(6-9)15-14(19)13(18)11-7-10(17)4-5-12(11)20-15/h1-7,16-17,19H. The van der Waals surface area contributed by atoms with E-state index in [4.69, 9.17) is 4.42 Å². The van der Waals surface area contributed by atoms with E-state index in [0.717, 1.165) is 0 Å². The molecule has 0 aliphatic heterocycles. The molecule has 1 heterocycles. The molecule has 20 heavy (non-hydrogen) atoms. The fourth-order valence-corrected chi connectivity index (χ4v) is 2.02. The molecule has 0 aliphatic carbocycles. The van der Waals surface area contributed by atoms with Gasteiger partial charge in [0.1, 0.15) is 17.1 Å². The van der Waals surface area contributed by atoms with Crippen LogP contribution >= 0.6 is 0 Å². The molecule has 2 aromatic carbocycles. The smallest absolute Gasteiger partial charge is 0.235 e. The summed E-state index contributed by atoms with van der Waals surface area (Å²) in [5, 5.41) is 28.9. The van der Waals surface area contributed by atoms with E-state index in [2.05, 4.69) is 0 Å². The normalized spacial score (nSPS) is 10.8. The van der Waals surface area contributed by atoms with Gasteiger partial charge in [-0.25, -0.2) is 0 Å². The van der Waals surface area contributed by atoms with Crippen molar-refractivity contribution >= 4 is 11.0 Å². The number of aromatic hydroxyl groups is 3. The Hall–Kier alpha value is -2.95. The van der Waals surface area contributed by atoms with Gasteiger partial charge < -0.3 is 19.7 Å². The molecular weight excluding hydrogens is 260 g/mol. The molecule has 0 unspecified atom stereocenters. The van der Waals surface area contributed by atoms with Crippen LogP contribution in [0.5, 0.6) is 17.2 Å². The topological polar surface area (TPSA) is 90.9 Å². The summed E-state index contributed by atoms with van der Waals surface area (Å²) in [6.45, 7) is 0. The highest BCUT2D eigenvalue weighted by molar-refractivity contribution is 5.83. The molecule has 1 aromatic heterocycles. The fourth-order valence-electron chi connectivity index (χ4n) is 2.02. The van der Waals surface area contributed by atoms with Crippen LogP contribution in [0, 0.1) is 0 Å². The number of hydrogen-bond acceptors (Lipinski definition) is 5. The Bertz CT molecular complexity index is 864. The molecule has 5 nitrogen and oxygen atoms in total. The van der Waals surface area contributed by atoms with E-state index in [1.165, 1.54) is 30.3 Å². The summed E-state index contributed by atoms with van der Waals surface area (Å²) < 4.78 is 5.50. The molecule has 0 atom stereocenters. The molecule has 0 bridgehead atoms. The van der Waals surface area contributed by atoms with Crippen molar-refractivity contribution in [1.29, 1.82) is 0 Å². The second-order valence-electron chi connectivity index (χ2n) is 4.34. The molecule has 0 saturated heterocycles. The number of hydrogen-bond donors (Lipinski definition) is 3. The molecule has 5 heteroatoms. The van der Waals surface area contributed by atoms with E-state index in [0.29, 0.717) is 5.56 Å². The van der Waals surface area contributed by atoms with Crippen molar-refractivity contribution in [2.45, 2.75) is 0 Å². The van der Waals surface area contributed by atoms with Gasteiger partial charge in [-0.05, 0) is 30.3 Å². The van der Waals surface area contributed by atoms with Crippen LogP contribution in [0.3, 0.4) is 0 Å². The van der Waals surface area contributed by atoms with Crippen LogP contribution in [-0.4, -0.2) is 15.3 Å². The molecule has 3 N–H and O–H groups in total. The maximum Gasteiger partial charge on any atom is 0.235 e. The summed E-state index contributed by atoms with van der Waals surface area (Å²) in [5.41, 5.74) is -0.0148. The Morgan fingerprint density at radius 1 is 0.900 bits per heavy atom. The van der Waals surface area contributed by atoms with Gasteiger partial charge in [-0.15, -0.1) is 0 Å². The predicted octanol–water partition coefficient (Wildman–Crippen LogP) is 2.58. The largest absolute Gasteiger partial charge is 0.508 e. The molecule has 0 fully saturated rings. The van der Waals surface area contributed by atoms with E-state index in [1.54, 1.807) is 12.1 Å². The summed E-state index contributed by atoms with van der Waals surface area (Å²) in [5.74, 6) is -0.678. The molecule has 0 saturated carbocycles. The molecule has 3 aromatic rings. The van der Waals surface area contributed by atoms with Crippen molar-refractivity contribution in [2.24, 2.45) is 0 Å². The fraction of sp³-hybridized carbons (Fsp3) is 0. The van der Waals surface area contributed by atoms with E-state index in [-0.39, 0.29) is 28.2 Å². The molecule has 100 valence electrons. The molecular formula is C15H10O5. The summed E-state index contributed by atoms with van der Waals surface area (Å²) in [6, 6.07) is 10.1. The average molecular weight is 270 g/mol. The summed E-state index contributed by atoms with van der Waals surface area (Å²) in [6.07, 6.45) is 0. The zero-order chi connectivity index (χ0) is 14.3. The molecule has 0 radical (unpaired) electrons. The zero-order valence-electron chi connectivity index (χ0n) is 10.2. The first-order valence-electron chi connectivity index (χ1n) is 5.84. The molecule has 0 amide bonds. The summed E-state index contributed by atoms with van der Waals surface area (Å²) in [7, 11) is 0. The molecule has 3 rings (SSSR count). The third kappa shape index (κ3) is 1.85. The van der Waals surface area contributed by atoms with E-state index >= 15 is 0 Å². The van der Waals surface area contributed by atoms with Gasteiger partial charge in [0.05, 0.1) is 5.39 Å². The third-order valence-corrected chi connectivity index (χ3v) is 2.96. The van der Waals surface area contributed by atoms with E-state index < -0.39 is 11.2 Å². The minimum atomic E-state index is -0.638. The lowest BCUT2D eigenvalue weighted by Crippen LogP contribution is -2.02. The SMILES string of the molecule is O=c1c(O)c(-c2cccc(O)c2)oc2ccc(O)cc12. The zero-order valence-corrected chi connectivity index (χ0v) is 10.2. The first-order chi connectivity index (χ1) is 9.56. The number of phenolic OH excluding ortho intramolecular Hbond substituents is 2. The lowest BCUT2D eigenvalue weighted by atomic mass is 10.1. The number of fused-ring (bicyclic) bond motifs is 1. The highest BCUT2D eigenvalue weighted by Crippen LogP contribution is 2.32. The lowest BCUT2D eigenvalue weighted by Gasteiger charge is -2.06. The van der Waals surface area contributed by atoms with Gasteiger partial charge in [0.25, 0.3) is 0 Å². The van der Waals surface area contributed by atoms with Gasteiger partial charge in [-0.1, -0.05) is 12.1 Å². The van der Waals surface area contributed by atoms with Crippen LogP contribution < -0.4 is 5.43 Å². The van der Waals surface area contributed by atoms with Gasteiger partial charge in [0, 0.05) is 5.56 Å². The molecule has 0 spiro atoms. The number of phenols is 2. The van der Waals surface area contributed by atoms with Gasteiger partial charge in [-0.3, -0.25) is 4.79 Å². The van der Waals surface area contributed by atoms with Crippen molar-refractivity contribution in [2.75, 3.05) is 0 Å². The van der Waals surface area contributed by atoms with Gasteiger partial charge in [0.15, 0.2) is 5.76 Å². The highest BCUT2D eigenvalue weighted by atomic mass is 16.4. The molecule has 0 aliphatic rings. The van der Waals surface area contributed by atoms with Gasteiger partial charge >= 0.3 is 0 Å². The minimum Gasteiger partial charge on any atom is -0.508 e. The van der Waals surface area contributed by atoms with Crippen molar-refractivity contribution in [1.82, 2.24) is 0 Å². The van der Waals surface area contributed by atoms with Crippen LogP contribution in [0.2, 0.25) is 0 Å². The van der Waals surface area contributed by atoms with Crippen LogP contribution in [0.25, 0.3) is 22.3 Å². The van der Waals surface area contributed by atoms with Crippen molar-refractivity contribution in [3.05, 3.63) is 52.7 Å². The highest BCUT2D eigenvalue weighted by Gasteiger charge is 2.15. The Morgan fingerprint density at radius 2 is 1.65 bits per heavy atom. The van der Waals surface area contributed by atoms with Crippen LogP contribution in [0.1, 0.15) is 0 Å². The second kappa shape index (κ2) is 4.31.